The third-order valence-electron chi connectivity index (χ3n) is 2.11. The summed E-state index contributed by atoms with van der Waals surface area (Å²) in [5.41, 5.74) is 5.60. The molecule has 1 aliphatic carbocycles. The predicted molar refractivity (Wildman–Crippen MR) is 44.9 cm³/mol. The van der Waals surface area contributed by atoms with Gasteiger partial charge in [-0.05, 0) is 12.2 Å². The van der Waals surface area contributed by atoms with Crippen LogP contribution in [0.25, 0.3) is 0 Å². The minimum atomic E-state index is -4.33. The highest BCUT2D eigenvalue weighted by Gasteiger charge is 2.46. The Morgan fingerprint density at radius 1 is 1.38 bits per heavy atom. The van der Waals surface area contributed by atoms with Crippen molar-refractivity contribution < 1.29 is 13.2 Å². The van der Waals surface area contributed by atoms with Gasteiger partial charge in [-0.2, -0.15) is 13.2 Å². The van der Waals surface area contributed by atoms with Gasteiger partial charge in [-0.25, -0.2) is 0 Å². The SMILES string of the molecule is CC1C(N)=CC=C(Cl)C1C(F)(F)F. The molecule has 0 fully saturated rings. The average Bonchev–Trinajstić information content (AvgIpc) is 1.95. The molecule has 0 aromatic heterocycles. The van der Waals surface area contributed by atoms with Gasteiger partial charge in [0.1, 0.15) is 0 Å². The molecule has 2 unspecified atom stereocenters. The molecule has 1 rings (SSSR count). The van der Waals surface area contributed by atoms with Crippen LogP contribution in [0.4, 0.5) is 13.2 Å². The lowest BCUT2D eigenvalue weighted by atomic mass is 9.87. The molecule has 0 amide bonds. The second-order valence-electron chi connectivity index (χ2n) is 3.03. The first-order chi connectivity index (χ1) is 5.84. The largest absolute Gasteiger partial charge is 0.402 e. The second-order valence-corrected chi connectivity index (χ2v) is 3.46. The van der Waals surface area contributed by atoms with E-state index in [2.05, 4.69) is 0 Å². The molecule has 2 atom stereocenters. The Morgan fingerprint density at radius 2 is 1.92 bits per heavy atom. The van der Waals surface area contributed by atoms with Gasteiger partial charge in [0.05, 0.1) is 5.92 Å². The van der Waals surface area contributed by atoms with Crippen LogP contribution in [0.2, 0.25) is 0 Å². The fourth-order valence-electron chi connectivity index (χ4n) is 1.30. The fraction of sp³-hybridized carbons (Fsp3) is 0.500. The number of rotatable bonds is 0. The summed E-state index contributed by atoms with van der Waals surface area (Å²) in [5.74, 6) is -2.43. The number of nitrogens with two attached hydrogens (primary N) is 1. The number of hydrogen-bond donors (Lipinski definition) is 1. The van der Waals surface area contributed by atoms with Gasteiger partial charge in [-0.3, -0.25) is 0 Å². The molecule has 0 heterocycles. The van der Waals surface area contributed by atoms with Crippen molar-refractivity contribution in [2.45, 2.75) is 13.1 Å². The zero-order chi connectivity index (χ0) is 10.2. The first-order valence-electron chi connectivity index (χ1n) is 3.73. The van der Waals surface area contributed by atoms with E-state index in [1.54, 1.807) is 0 Å². The van der Waals surface area contributed by atoms with Crippen LogP contribution in [0.3, 0.4) is 0 Å². The summed E-state index contributed by atoms with van der Waals surface area (Å²) in [7, 11) is 0. The van der Waals surface area contributed by atoms with Crippen LogP contribution in [0.15, 0.2) is 22.9 Å². The maximum Gasteiger partial charge on any atom is 0.397 e. The summed E-state index contributed by atoms with van der Waals surface area (Å²) >= 11 is 5.47. The molecular weight excluding hydrogens is 203 g/mol. The van der Waals surface area contributed by atoms with Gasteiger partial charge < -0.3 is 5.73 Å². The van der Waals surface area contributed by atoms with E-state index in [-0.39, 0.29) is 10.7 Å². The van der Waals surface area contributed by atoms with E-state index in [4.69, 9.17) is 17.3 Å². The molecule has 0 aromatic carbocycles. The first-order valence-corrected chi connectivity index (χ1v) is 4.11. The quantitative estimate of drug-likeness (QED) is 0.655. The van der Waals surface area contributed by atoms with Gasteiger partial charge >= 0.3 is 6.18 Å². The molecule has 13 heavy (non-hydrogen) atoms. The van der Waals surface area contributed by atoms with Crippen molar-refractivity contribution in [3.05, 3.63) is 22.9 Å². The third-order valence-corrected chi connectivity index (χ3v) is 2.47. The van der Waals surface area contributed by atoms with E-state index in [9.17, 15) is 13.2 Å². The van der Waals surface area contributed by atoms with Crippen molar-refractivity contribution in [3.8, 4) is 0 Å². The molecule has 5 heteroatoms. The van der Waals surface area contributed by atoms with Gasteiger partial charge in [-0.1, -0.05) is 18.5 Å². The fourth-order valence-corrected chi connectivity index (χ4v) is 1.68. The molecule has 2 N–H and O–H groups in total. The molecule has 0 aromatic rings. The highest BCUT2D eigenvalue weighted by atomic mass is 35.5. The van der Waals surface area contributed by atoms with Crippen LogP contribution in [0, 0.1) is 11.8 Å². The number of hydrogen-bond acceptors (Lipinski definition) is 1. The maximum absolute atomic E-state index is 12.4. The normalized spacial score (nSPS) is 29.6. The number of halogens is 4. The van der Waals surface area contributed by atoms with E-state index in [1.165, 1.54) is 19.1 Å². The van der Waals surface area contributed by atoms with Crippen molar-refractivity contribution in [2.24, 2.45) is 17.6 Å². The van der Waals surface area contributed by atoms with Crippen LogP contribution < -0.4 is 5.73 Å². The molecule has 0 bridgehead atoms. The number of alkyl halides is 3. The Bertz CT molecular complexity index is 267. The minimum Gasteiger partial charge on any atom is -0.402 e. The van der Waals surface area contributed by atoms with Crippen LogP contribution in [0.1, 0.15) is 6.92 Å². The molecule has 1 aliphatic rings. The summed E-state index contributed by atoms with van der Waals surface area (Å²) in [4.78, 5) is 0. The van der Waals surface area contributed by atoms with E-state index < -0.39 is 18.0 Å². The summed E-state index contributed by atoms with van der Waals surface area (Å²) in [6, 6.07) is 0. The van der Waals surface area contributed by atoms with Crippen molar-refractivity contribution in [3.63, 3.8) is 0 Å². The molecule has 0 saturated carbocycles. The molecule has 74 valence electrons. The van der Waals surface area contributed by atoms with Crippen molar-refractivity contribution in [2.75, 3.05) is 0 Å². The van der Waals surface area contributed by atoms with E-state index in [1.807, 2.05) is 0 Å². The van der Waals surface area contributed by atoms with Gasteiger partial charge in [-0.15, -0.1) is 0 Å². The summed E-state index contributed by atoms with van der Waals surface area (Å²) in [5, 5.41) is -0.200. The van der Waals surface area contributed by atoms with Gasteiger partial charge in [0.2, 0.25) is 0 Å². The van der Waals surface area contributed by atoms with Crippen LogP contribution >= 0.6 is 11.6 Å². The zero-order valence-electron chi connectivity index (χ0n) is 6.90. The summed E-state index contributed by atoms with van der Waals surface area (Å²) in [6.07, 6.45) is -1.71. The van der Waals surface area contributed by atoms with E-state index >= 15 is 0 Å². The Kier molecular flexibility index (Phi) is 2.61. The van der Waals surface area contributed by atoms with Gasteiger partial charge in [0.25, 0.3) is 0 Å². The molecule has 0 radical (unpaired) electrons. The van der Waals surface area contributed by atoms with Crippen molar-refractivity contribution in [1.29, 1.82) is 0 Å². The van der Waals surface area contributed by atoms with Crippen molar-refractivity contribution in [1.82, 2.24) is 0 Å². The third kappa shape index (κ3) is 1.99. The Morgan fingerprint density at radius 3 is 2.31 bits per heavy atom. The highest BCUT2D eigenvalue weighted by Crippen LogP contribution is 2.42. The molecule has 0 aliphatic heterocycles. The lowest BCUT2D eigenvalue weighted by Crippen LogP contribution is -2.33. The van der Waals surface area contributed by atoms with Gasteiger partial charge in [0, 0.05) is 16.6 Å². The lowest BCUT2D eigenvalue weighted by molar-refractivity contribution is -0.171. The molecule has 0 spiro atoms. The van der Waals surface area contributed by atoms with Crippen LogP contribution in [0.5, 0.6) is 0 Å². The maximum atomic E-state index is 12.4. The lowest BCUT2D eigenvalue weighted by Gasteiger charge is -2.28. The van der Waals surface area contributed by atoms with E-state index in [0.29, 0.717) is 0 Å². The smallest absolute Gasteiger partial charge is 0.397 e. The topological polar surface area (TPSA) is 26.0 Å². The highest BCUT2D eigenvalue weighted by molar-refractivity contribution is 6.30. The zero-order valence-corrected chi connectivity index (χ0v) is 7.65. The summed E-state index contributed by atoms with van der Waals surface area (Å²) in [6.45, 7) is 1.42. The Balaban J connectivity index is 3.00. The van der Waals surface area contributed by atoms with Crippen LogP contribution in [-0.4, -0.2) is 6.18 Å². The minimum absolute atomic E-state index is 0.200. The number of allylic oxidation sites excluding steroid dienone is 4. The molecular formula is C8H9ClF3N. The first kappa shape index (κ1) is 10.4. The second kappa shape index (κ2) is 3.25. The van der Waals surface area contributed by atoms with Gasteiger partial charge in [0.15, 0.2) is 0 Å². The standard InChI is InChI=1S/C8H9ClF3N/c1-4-6(13)3-2-5(9)7(4)8(10,11)12/h2-4,7H,13H2,1H3. The average molecular weight is 212 g/mol. The van der Waals surface area contributed by atoms with Crippen LogP contribution in [-0.2, 0) is 0 Å². The molecule has 1 nitrogen and oxygen atoms in total. The predicted octanol–water partition coefficient (Wildman–Crippen LogP) is 2.78. The Hall–Kier alpha value is -0.640. The monoisotopic (exact) mass is 211 g/mol. The Labute approximate surface area is 79.0 Å². The van der Waals surface area contributed by atoms with Crippen molar-refractivity contribution >= 4 is 11.6 Å². The van der Waals surface area contributed by atoms with E-state index in [0.717, 1.165) is 0 Å². The molecule has 0 saturated heterocycles. The summed E-state index contributed by atoms with van der Waals surface area (Å²) < 4.78 is 37.2.